The molecule has 3 heterocycles. The van der Waals surface area contributed by atoms with Crippen molar-refractivity contribution in [1.82, 2.24) is 19.9 Å². The normalized spacial score (nSPS) is 11.8. The zero-order chi connectivity index (χ0) is 15.0. The maximum atomic E-state index is 13.1. The van der Waals surface area contributed by atoms with Crippen molar-refractivity contribution in [2.45, 2.75) is 12.8 Å². The lowest BCUT2D eigenvalue weighted by molar-refractivity contribution is 0.0172. The molecule has 0 amide bonds. The Morgan fingerprint density at radius 2 is 2.00 bits per heavy atom. The molecule has 0 fully saturated rings. The first kappa shape index (κ1) is 13.7. The predicted octanol–water partition coefficient (Wildman–Crippen LogP) is 3.48. The standard InChI is InChI=1S/C12H8F3N5S/c1-12(14,15)11-16-4-8(21-11)20-10-6-2-3-7(13)19-9(6)17-5-18-10/h2-5H,1H3,(H,17,18,19,20). The highest BCUT2D eigenvalue weighted by atomic mass is 32.1. The summed E-state index contributed by atoms with van der Waals surface area (Å²) in [7, 11) is 0. The van der Waals surface area contributed by atoms with E-state index in [1.807, 2.05) is 0 Å². The van der Waals surface area contributed by atoms with Crippen molar-refractivity contribution < 1.29 is 13.2 Å². The molecule has 0 bridgehead atoms. The summed E-state index contributed by atoms with van der Waals surface area (Å²) in [5, 5.41) is 3.45. The molecule has 0 aliphatic rings. The molecule has 0 aliphatic heterocycles. The molecule has 0 atom stereocenters. The summed E-state index contributed by atoms with van der Waals surface area (Å²) < 4.78 is 39.3. The molecule has 0 aliphatic carbocycles. The predicted molar refractivity (Wildman–Crippen MR) is 72.3 cm³/mol. The van der Waals surface area contributed by atoms with Gasteiger partial charge in [0.25, 0.3) is 5.92 Å². The Kier molecular flexibility index (Phi) is 3.20. The second kappa shape index (κ2) is 4.92. The number of alkyl halides is 2. The summed E-state index contributed by atoms with van der Waals surface area (Å²) >= 11 is 0.819. The van der Waals surface area contributed by atoms with Gasteiger partial charge in [-0.25, -0.2) is 15.0 Å². The van der Waals surface area contributed by atoms with Crippen LogP contribution < -0.4 is 5.32 Å². The summed E-state index contributed by atoms with van der Waals surface area (Å²) in [5.41, 5.74) is 0.179. The third kappa shape index (κ3) is 2.77. The third-order valence-corrected chi connectivity index (χ3v) is 3.67. The third-order valence-electron chi connectivity index (χ3n) is 2.59. The van der Waals surface area contributed by atoms with Gasteiger partial charge in [-0.3, -0.25) is 0 Å². The zero-order valence-corrected chi connectivity index (χ0v) is 11.5. The zero-order valence-electron chi connectivity index (χ0n) is 10.6. The van der Waals surface area contributed by atoms with Crippen LogP contribution in [0.25, 0.3) is 11.0 Å². The van der Waals surface area contributed by atoms with Crippen LogP contribution in [0.5, 0.6) is 0 Å². The molecule has 3 rings (SSSR count). The maximum Gasteiger partial charge on any atom is 0.296 e. The minimum atomic E-state index is -3.00. The minimum absolute atomic E-state index is 0.179. The molecule has 3 aromatic rings. The molecule has 0 unspecified atom stereocenters. The van der Waals surface area contributed by atoms with Gasteiger partial charge >= 0.3 is 0 Å². The van der Waals surface area contributed by atoms with E-state index >= 15 is 0 Å². The van der Waals surface area contributed by atoms with Crippen LogP contribution in [0.2, 0.25) is 0 Å². The van der Waals surface area contributed by atoms with Crippen molar-refractivity contribution in [2.75, 3.05) is 5.32 Å². The Morgan fingerprint density at radius 3 is 2.71 bits per heavy atom. The fourth-order valence-electron chi connectivity index (χ4n) is 1.67. The first-order valence-corrected chi connectivity index (χ1v) is 6.63. The summed E-state index contributed by atoms with van der Waals surface area (Å²) in [6.07, 6.45) is 2.51. The molecule has 5 nitrogen and oxygen atoms in total. The minimum Gasteiger partial charge on any atom is -0.330 e. The highest BCUT2D eigenvalue weighted by Crippen LogP contribution is 2.34. The number of pyridine rings is 1. The molecule has 0 aromatic carbocycles. The van der Waals surface area contributed by atoms with Crippen LogP contribution in [-0.4, -0.2) is 19.9 Å². The van der Waals surface area contributed by atoms with Crippen LogP contribution in [0, 0.1) is 5.95 Å². The number of hydrogen-bond donors (Lipinski definition) is 1. The van der Waals surface area contributed by atoms with E-state index in [1.165, 1.54) is 24.7 Å². The van der Waals surface area contributed by atoms with Crippen LogP contribution in [-0.2, 0) is 5.92 Å². The number of anilines is 2. The van der Waals surface area contributed by atoms with Crippen LogP contribution in [0.3, 0.4) is 0 Å². The Morgan fingerprint density at radius 1 is 1.19 bits per heavy atom. The number of nitrogens with one attached hydrogen (secondary N) is 1. The molecule has 0 spiro atoms. The molecule has 1 N–H and O–H groups in total. The summed E-state index contributed by atoms with van der Waals surface area (Å²) in [5.74, 6) is -3.30. The molecular formula is C12H8F3N5S. The highest BCUT2D eigenvalue weighted by molar-refractivity contribution is 7.15. The SMILES string of the molecule is CC(F)(F)c1ncc(Nc2ncnc3nc(F)ccc23)s1. The molecular weight excluding hydrogens is 303 g/mol. The second-order valence-corrected chi connectivity index (χ2v) is 5.30. The lowest BCUT2D eigenvalue weighted by Crippen LogP contribution is -2.05. The van der Waals surface area contributed by atoms with Gasteiger partial charge in [-0.1, -0.05) is 11.3 Å². The smallest absolute Gasteiger partial charge is 0.296 e. The van der Waals surface area contributed by atoms with Gasteiger partial charge in [0.1, 0.15) is 17.1 Å². The molecule has 9 heteroatoms. The van der Waals surface area contributed by atoms with Crippen molar-refractivity contribution in [3.63, 3.8) is 0 Å². The molecule has 21 heavy (non-hydrogen) atoms. The first-order chi connectivity index (χ1) is 9.93. The quantitative estimate of drug-likeness (QED) is 0.750. The fourth-order valence-corrected chi connectivity index (χ4v) is 2.42. The van der Waals surface area contributed by atoms with E-state index in [-0.39, 0.29) is 10.7 Å². The van der Waals surface area contributed by atoms with Gasteiger partial charge in [0, 0.05) is 6.92 Å². The van der Waals surface area contributed by atoms with Gasteiger partial charge < -0.3 is 5.32 Å². The number of rotatable bonds is 3. The summed E-state index contributed by atoms with van der Waals surface area (Å²) in [6, 6.07) is 2.64. The topological polar surface area (TPSA) is 63.6 Å². The number of thiazole rings is 1. The average molecular weight is 311 g/mol. The van der Waals surface area contributed by atoms with Crippen LogP contribution in [0.15, 0.2) is 24.7 Å². The van der Waals surface area contributed by atoms with E-state index in [9.17, 15) is 13.2 Å². The monoisotopic (exact) mass is 311 g/mol. The molecule has 0 saturated carbocycles. The number of nitrogens with zero attached hydrogens (tertiary/aromatic N) is 4. The number of fused-ring (bicyclic) bond motifs is 1. The van der Waals surface area contributed by atoms with Crippen LogP contribution in [0.1, 0.15) is 11.9 Å². The lowest BCUT2D eigenvalue weighted by atomic mass is 10.3. The molecule has 3 aromatic heterocycles. The largest absolute Gasteiger partial charge is 0.330 e. The summed E-state index contributed by atoms with van der Waals surface area (Å²) in [6.45, 7) is 0.780. The number of hydrogen-bond acceptors (Lipinski definition) is 6. The van der Waals surface area contributed by atoms with Gasteiger partial charge in [0.2, 0.25) is 5.95 Å². The maximum absolute atomic E-state index is 13.1. The highest BCUT2D eigenvalue weighted by Gasteiger charge is 2.28. The molecule has 0 radical (unpaired) electrons. The lowest BCUT2D eigenvalue weighted by Gasteiger charge is -2.06. The van der Waals surface area contributed by atoms with E-state index in [0.29, 0.717) is 16.2 Å². The van der Waals surface area contributed by atoms with E-state index in [2.05, 4.69) is 25.3 Å². The van der Waals surface area contributed by atoms with Gasteiger partial charge in [-0.15, -0.1) is 0 Å². The van der Waals surface area contributed by atoms with Crippen molar-refractivity contribution in [1.29, 1.82) is 0 Å². The van der Waals surface area contributed by atoms with Gasteiger partial charge in [0.05, 0.1) is 11.6 Å². The Hall–Kier alpha value is -2.29. The number of halogens is 3. The number of aromatic nitrogens is 4. The van der Waals surface area contributed by atoms with Crippen molar-refractivity contribution >= 4 is 33.2 Å². The first-order valence-electron chi connectivity index (χ1n) is 5.82. The molecule has 108 valence electrons. The van der Waals surface area contributed by atoms with Gasteiger partial charge in [-0.05, 0) is 12.1 Å². The average Bonchev–Trinajstić information content (AvgIpc) is 2.87. The van der Waals surface area contributed by atoms with Gasteiger partial charge in [0.15, 0.2) is 10.7 Å². The van der Waals surface area contributed by atoms with Crippen LogP contribution in [0.4, 0.5) is 24.0 Å². The fraction of sp³-hybridized carbons (Fsp3) is 0.167. The molecule has 0 saturated heterocycles. The second-order valence-electron chi connectivity index (χ2n) is 4.27. The van der Waals surface area contributed by atoms with E-state index in [1.54, 1.807) is 0 Å². The Labute approximate surface area is 120 Å². The Bertz CT molecular complexity index is 799. The van der Waals surface area contributed by atoms with Crippen molar-refractivity contribution in [2.24, 2.45) is 0 Å². The van der Waals surface area contributed by atoms with Crippen LogP contribution >= 0.6 is 11.3 Å². The Balaban J connectivity index is 1.97. The van der Waals surface area contributed by atoms with E-state index in [0.717, 1.165) is 18.3 Å². The van der Waals surface area contributed by atoms with Crippen molar-refractivity contribution in [3.8, 4) is 0 Å². The van der Waals surface area contributed by atoms with Crippen molar-refractivity contribution in [3.05, 3.63) is 35.6 Å². The van der Waals surface area contributed by atoms with E-state index in [4.69, 9.17) is 0 Å². The van der Waals surface area contributed by atoms with Gasteiger partial charge in [-0.2, -0.15) is 18.2 Å². The summed E-state index contributed by atoms with van der Waals surface area (Å²) in [4.78, 5) is 15.2. The van der Waals surface area contributed by atoms with E-state index < -0.39 is 11.9 Å².